The molecule has 142 valence electrons. The number of carboxylic acid groups (broad SMARTS) is 1. The van der Waals surface area contributed by atoms with Gasteiger partial charge < -0.3 is 5.11 Å². The minimum absolute atomic E-state index is 0.103. The van der Waals surface area contributed by atoms with Crippen LogP contribution in [0.4, 0.5) is 0 Å². The molecular formula is C22H30O4. The first-order valence-corrected chi connectivity index (χ1v) is 8.96. The lowest BCUT2D eigenvalue weighted by Crippen LogP contribution is -2.04. The highest BCUT2D eigenvalue weighted by Crippen LogP contribution is 2.01. The quantitative estimate of drug-likeness (QED) is 0.151. The van der Waals surface area contributed by atoms with Gasteiger partial charge in [-0.3, -0.25) is 10.1 Å². The normalized spacial score (nSPS) is 13.3. The van der Waals surface area contributed by atoms with Gasteiger partial charge in [0.15, 0.2) is 0 Å². The topological polar surface area (TPSA) is 66.8 Å². The SMILES string of the molecule is CC/C=C\CC(/C=C/C=C\C/C=C\C/C=C\CC#CCCC(=O)O)OO. The van der Waals surface area contributed by atoms with E-state index in [-0.39, 0.29) is 12.5 Å². The standard InChI is InChI=1S/C22H30O4/c1-2-3-15-18-21(26-25)19-16-13-11-9-7-5-4-6-8-10-12-14-17-20-22(23)24/h3,5-8,11,13,15-16,19,21,25H,2,4,9-10,17-18,20H2,1H3,(H,23,24)/b7-5-,8-6-,13-11-,15-3-,19-16+. The molecule has 0 saturated heterocycles. The maximum atomic E-state index is 10.3. The Morgan fingerprint density at radius 2 is 1.73 bits per heavy atom. The molecule has 4 nitrogen and oxygen atoms in total. The largest absolute Gasteiger partial charge is 0.481 e. The summed E-state index contributed by atoms with van der Waals surface area (Å²) in [6.07, 6.45) is 24.1. The Balaban J connectivity index is 3.80. The maximum absolute atomic E-state index is 10.3. The van der Waals surface area contributed by atoms with Gasteiger partial charge in [0, 0.05) is 12.8 Å². The first kappa shape index (κ1) is 23.6. The van der Waals surface area contributed by atoms with Crippen molar-refractivity contribution < 1.29 is 20.0 Å². The molecule has 0 aromatic carbocycles. The van der Waals surface area contributed by atoms with Crippen molar-refractivity contribution in [3.05, 3.63) is 60.8 Å². The Morgan fingerprint density at radius 1 is 1.00 bits per heavy atom. The molecule has 0 rings (SSSR count). The Bertz CT molecular complexity index is 556. The predicted molar refractivity (Wildman–Crippen MR) is 107 cm³/mol. The molecule has 4 heteroatoms. The number of hydrogen-bond acceptors (Lipinski definition) is 3. The highest BCUT2D eigenvalue weighted by molar-refractivity contribution is 5.66. The van der Waals surface area contributed by atoms with Crippen LogP contribution in [0.25, 0.3) is 0 Å². The lowest BCUT2D eigenvalue weighted by atomic mass is 10.2. The van der Waals surface area contributed by atoms with Crippen LogP contribution in [-0.2, 0) is 9.68 Å². The molecule has 0 saturated carbocycles. The monoisotopic (exact) mass is 358 g/mol. The summed E-state index contributed by atoms with van der Waals surface area (Å²) in [5, 5.41) is 17.3. The van der Waals surface area contributed by atoms with Crippen molar-refractivity contribution >= 4 is 5.97 Å². The fourth-order valence-electron chi connectivity index (χ4n) is 1.82. The van der Waals surface area contributed by atoms with E-state index in [4.69, 9.17) is 10.4 Å². The molecule has 0 aliphatic carbocycles. The van der Waals surface area contributed by atoms with E-state index in [9.17, 15) is 4.79 Å². The molecule has 0 spiro atoms. The minimum atomic E-state index is -0.810. The number of rotatable bonds is 13. The molecule has 0 aromatic rings. The molecule has 0 aliphatic rings. The molecule has 0 radical (unpaired) electrons. The van der Waals surface area contributed by atoms with Crippen LogP contribution >= 0.6 is 0 Å². The Labute approximate surface area is 157 Å². The third-order valence-corrected chi connectivity index (χ3v) is 3.17. The first-order valence-electron chi connectivity index (χ1n) is 8.96. The van der Waals surface area contributed by atoms with Gasteiger partial charge in [0.2, 0.25) is 0 Å². The summed E-state index contributed by atoms with van der Waals surface area (Å²) < 4.78 is 0. The van der Waals surface area contributed by atoms with Gasteiger partial charge in [0.05, 0.1) is 6.42 Å². The van der Waals surface area contributed by atoms with E-state index in [1.165, 1.54) is 0 Å². The van der Waals surface area contributed by atoms with Gasteiger partial charge >= 0.3 is 5.97 Å². The molecule has 1 unspecified atom stereocenters. The van der Waals surface area contributed by atoms with Gasteiger partial charge in [0.1, 0.15) is 6.10 Å². The third kappa shape index (κ3) is 18.0. The Morgan fingerprint density at radius 3 is 2.42 bits per heavy atom. The minimum Gasteiger partial charge on any atom is -0.481 e. The second-order valence-corrected chi connectivity index (χ2v) is 5.44. The highest BCUT2D eigenvalue weighted by atomic mass is 17.1. The van der Waals surface area contributed by atoms with E-state index in [1.54, 1.807) is 0 Å². The van der Waals surface area contributed by atoms with Crippen LogP contribution in [0.2, 0.25) is 0 Å². The van der Waals surface area contributed by atoms with Crippen LogP contribution < -0.4 is 0 Å². The van der Waals surface area contributed by atoms with E-state index in [1.807, 2.05) is 48.6 Å². The van der Waals surface area contributed by atoms with E-state index in [2.05, 4.69) is 35.8 Å². The van der Waals surface area contributed by atoms with Crippen molar-refractivity contribution in [3.8, 4) is 11.8 Å². The second kappa shape index (κ2) is 19.0. The molecule has 0 bridgehead atoms. The molecule has 0 heterocycles. The van der Waals surface area contributed by atoms with E-state index >= 15 is 0 Å². The zero-order chi connectivity index (χ0) is 19.3. The van der Waals surface area contributed by atoms with Crippen molar-refractivity contribution in [3.63, 3.8) is 0 Å². The van der Waals surface area contributed by atoms with Crippen LogP contribution in [0, 0.1) is 11.8 Å². The Kier molecular flexibility index (Phi) is 17.3. The lowest BCUT2D eigenvalue weighted by molar-refractivity contribution is -0.264. The summed E-state index contributed by atoms with van der Waals surface area (Å²) in [5.41, 5.74) is 0. The van der Waals surface area contributed by atoms with Crippen molar-refractivity contribution in [2.75, 3.05) is 0 Å². The first-order chi connectivity index (χ1) is 12.7. The summed E-state index contributed by atoms with van der Waals surface area (Å²) in [5.74, 6) is 4.94. The Hall–Kier alpha value is -2.35. The van der Waals surface area contributed by atoms with Crippen molar-refractivity contribution in [2.24, 2.45) is 0 Å². The van der Waals surface area contributed by atoms with Crippen molar-refractivity contribution in [2.45, 2.75) is 58.0 Å². The fraction of sp³-hybridized carbons (Fsp3) is 0.409. The average Bonchev–Trinajstić information content (AvgIpc) is 2.63. The van der Waals surface area contributed by atoms with Crippen LogP contribution in [0.15, 0.2) is 60.8 Å². The zero-order valence-electron chi connectivity index (χ0n) is 15.5. The van der Waals surface area contributed by atoms with Gasteiger partial charge in [0.25, 0.3) is 0 Å². The van der Waals surface area contributed by atoms with Gasteiger partial charge in [-0.2, -0.15) is 0 Å². The average molecular weight is 358 g/mol. The van der Waals surface area contributed by atoms with Gasteiger partial charge in [-0.15, -0.1) is 5.92 Å². The number of allylic oxidation sites excluding steroid dienone is 8. The van der Waals surface area contributed by atoms with E-state index < -0.39 is 5.97 Å². The van der Waals surface area contributed by atoms with Crippen LogP contribution in [-0.4, -0.2) is 22.4 Å². The lowest BCUT2D eigenvalue weighted by Gasteiger charge is -2.03. The molecule has 0 amide bonds. The summed E-state index contributed by atoms with van der Waals surface area (Å²) in [6.45, 7) is 2.06. The van der Waals surface area contributed by atoms with Crippen molar-refractivity contribution in [1.82, 2.24) is 0 Å². The van der Waals surface area contributed by atoms with Crippen molar-refractivity contribution in [1.29, 1.82) is 0 Å². The maximum Gasteiger partial charge on any atom is 0.304 e. The summed E-state index contributed by atoms with van der Waals surface area (Å²) in [6, 6.07) is 0. The second-order valence-electron chi connectivity index (χ2n) is 5.44. The molecule has 26 heavy (non-hydrogen) atoms. The molecule has 0 aliphatic heterocycles. The molecule has 0 fully saturated rings. The van der Waals surface area contributed by atoms with E-state index in [0.29, 0.717) is 19.3 Å². The number of carbonyl (C=O) groups is 1. The molecule has 2 N–H and O–H groups in total. The zero-order valence-corrected chi connectivity index (χ0v) is 15.5. The number of carboxylic acids is 1. The predicted octanol–water partition coefficient (Wildman–Crippen LogP) is 5.46. The van der Waals surface area contributed by atoms with Gasteiger partial charge in [-0.05, 0) is 25.7 Å². The smallest absolute Gasteiger partial charge is 0.304 e. The molecule has 1 atom stereocenters. The van der Waals surface area contributed by atoms with Crippen LogP contribution in [0.3, 0.4) is 0 Å². The molecular weight excluding hydrogens is 328 g/mol. The van der Waals surface area contributed by atoms with Crippen LogP contribution in [0.5, 0.6) is 0 Å². The van der Waals surface area contributed by atoms with Crippen LogP contribution in [0.1, 0.15) is 51.9 Å². The number of aliphatic carboxylic acids is 1. The summed E-state index contributed by atoms with van der Waals surface area (Å²) >= 11 is 0. The van der Waals surface area contributed by atoms with E-state index in [0.717, 1.165) is 19.3 Å². The number of hydrogen-bond donors (Lipinski definition) is 2. The third-order valence-electron chi connectivity index (χ3n) is 3.17. The summed E-state index contributed by atoms with van der Waals surface area (Å²) in [4.78, 5) is 14.7. The molecule has 0 aromatic heterocycles. The fourth-order valence-corrected chi connectivity index (χ4v) is 1.82. The van der Waals surface area contributed by atoms with Gasteiger partial charge in [-0.25, -0.2) is 4.89 Å². The summed E-state index contributed by atoms with van der Waals surface area (Å²) in [7, 11) is 0. The highest BCUT2D eigenvalue weighted by Gasteiger charge is 1.99. The van der Waals surface area contributed by atoms with Gasteiger partial charge in [-0.1, -0.05) is 73.6 Å².